The van der Waals surface area contributed by atoms with Crippen LogP contribution in [-0.2, 0) is 0 Å². The number of nitrogen functional groups attached to an aromatic ring is 1. The number of nitrogens with two attached hydrogens (primary N) is 1. The van der Waals surface area contributed by atoms with Crippen molar-refractivity contribution in [2.24, 2.45) is 0 Å². The predicted octanol–water partition coefficient (Wildman–Crippen LogP) is 2.27. The van der Waals surface area contributed by atoms with Crippen LogP contribution in [0.4, 0.5) is 5.82 Å². The van der Waals surface area contributed by atoms with Gasteiger partial charge in [-0.25, -0.2) is 0 Å². The summed E-state index contributed by atoms with van der Waals surface area (Å²) >= 11 is 0. The summed E-state index contributed by atoms with van der Waals surface area (Å²) in [7, 11) is 0. The SMILES string of the molecule is N#CC1(Oc2cccc(N)n2)CCCCC1. The zero-order valence-electron chi connectivity index (χ0n) is 9.15. The van der Waals surface area contributed by atoms with Gasteiger partial charge in [0, 0.05) is 18.9 Å². The summed E-state index contributed by atoms with van der Waals surface area (Å²) in [4.78, 5) is 4.06. The number of aromatic nitrogens is 1. The Kier molecular flexibility index (Phi) is 2.95. The minimum absolute atomic E-state index is 0.418. The molecule has 1 aliphatic rings. The summed E-state index contributed by atoms with van der Waals surface area (Å²) in [5, 5.41) is 9.24. The Morgan fingerprint density at radius 3 is 2.69 bits per heavy atom. The van der Waals surface area contributed by atoms with Crippen LogP contribution >= 0.6 is 0 Å². The molecular formula is C12H15N3O. The Morgan fingerprint density at radius 2 is 2.06 bits per heavy atom. The highest BCUT2D eigenvalue weighted by atomic mass is 16.5. The molecule has 0 aliphatic heterocycles. The molecule has 0 unspecified atom stereocenters. The number of hydrogen-bond donors (Lipinski definition) is 1. The lowest BCUT2D eigenvalue weighted by atomic mass is 9.86. The van der Waals surface area contributed by atoms with Crippen LogP contribution in [0.1, 0.15) is 32.1 Å². The van der Waals surface area contributed by atoms with Crippen molar-refractivity contribution in [1.29, 1.82) is 5.26 Å². The van der Waals surface area contributed by atoms with E-state index in [9.17, 15) is 5.26 Å². The Morgan fingerprint density at radius 1 is 1.31 bits per heavy atom. The van der Waals surface area contributed by atoms with Crippen LogP contribution in [0.25, 0.3) is 0 Å². The normalized spacial score (nSPS) is 18.7. The van der Waals surface area contributed by atoms with Crippen molar-refractivity contribution in [3.8, 4) is 11.9 Å². The van der Waals surface area contributed by atoms with Crippen molar-refractivity contribution in [2.75, 3.05) is 5.73 Å². The van der Waals surface area contributed by atoms with Gasteiger partial charge in [0.05, 0.1) is 0 Å². The van der Waals surface area contributed by atoms with Crippen LogP contribution in [0, 0.1) is 11.3 Å². The molecule has 0 bridgehead atoms. The molecule has 0 radical (unpaired) electrons. The van der Waals surface area contributed by atoms with Crippen LogP contribution in [0.2, 0.25) is 0 Å². The maximum absolute atomic E-state index is 9.24. The molecule has 0 aromatic carbocycles. The third-order valence-corrected chi connectivity index (χ3v) is 2.91. The lowest BCUT2D eigenvalue weighted by Gasteiger charge is -2.30. The number of rotatable bonds is 2. The number of nitrogens with zero attached hydrogens (tertiary/aromatic N) is 2. The molecule has 0 saturated heterocycles. The molecule has 0 spiro atoms. The van der Waals surface area contributed by atoms with Crippen molar-refractivity contribution in [1.82, 2.24) is 4.98 Å². The van der Waals surface area contributed by atoms with Gasteiger partial charge in [0.1, 0.15) is 11.9 Å². The fraction of sp³-hybridized carbons (Fsp3) is 0.500. The first-order valence-corrected chi connectivity index (χ1v) is 5.57. The van der Waals surface area contributed by atoms with E-state index in [2.05, 4.69) is 11.1 Å². The van der Waals surface area contributed by atoms with Crippen LogP contribution in [0.3, 0.4) is 0 Å². The van der Waals surface area contributed by atoms with Gasteiger partial charge in [-0.3, -0.25) is 0 Å². The molecule has 0 amide bonds. The minimum atomic E-state index is -0.695. The fourth-order valence-corrected chi connectivity index (χ4v) is 2.05. The zero-order chi connectivity index (χ0) is 11.4. The molecule has 16 heavy (non-hydrogen) atoms. The zero-order valence-corrected chi connectivity index (χ0v) is 9.15. The number of hydrogen-bond acceptors (Lipinski definition) is 4. The lowest BCUT2D eigenvalue weighted by molar-refractivity contribution is 0.0800. The number of ether oxygens (including phenoxy) is 1. The Hall–Kier alpha value is -1.76. The fourth-order valence-electron chi connectivity index (χ4n) is 2.05. The highest BCUT2D eigenvalue weighted by Gasteiger charge is 2.34. The highest BCUT2D eigenvalue weighted by Crippen LogP contribution is 2.31. The molecule has 1 aliphatic carbocycles. The van der Waals surface area contributed by atoms with Crippen LogP contribution in [0.5, 0.6) is 5.88 Å². The minimum Gasteiger partial charge on any atom is -0.456 e. The first-order valence-electron chi connectivity index (χ1n) is 5.57. The summed E-state index contributed by atoms with van der Waals surface area (Å²) in [5.41, 5.74) is 4.88. The second-order valence-corrected chi connectivity index (χ2v) is 4.17. The van der Waals surface area contributed by atoms with Gasteiger partial charge >= 0.3 is 0 Å². The molecule has 4 nitrogen and oxygen atoms in total. The monoisotopic (exact) mass is 217 g/mol. The molecular weight excluding hydrogens is 202 g/mol. The van der Waals surface area contributed by atoms with Gasteiger partial charge in [0.25, 0.3) is 0 Å². The third kappa shape index (κ3) is 2.25. The Labute approximate surface area is 95.0 Å². The summed E-state index contributed by atoms with van der Waals surface area (Å²) in [6.07, 6.45) is 4.81. The van der Waals surface area contributed by atoms with Crippen molar-refractivity contribution >= 4 is 5.82 Å². The topological polar surface area (TPSA) is 71.9 Å². The predicted molar refractivity (Wildman–Crippen MR) is 60.7 cm³/mol. The average molecular weight is 217 g/mol. The van der Waals surface area contributed by atoms with E-state index >= 15 is 0 Å². The molecule has 2 rings (SSSR count). The van der Waals surface area contributed by atoms with Gasteiger partial charge in [0.15, 0.2) is 5.60 Å². The second-order valence-electron chi connectivity index (χ2n) is 4.17. The standard InChI is InChI=1S/C12H15N3O/c13-9-12(7-2-1-3-8-12)16-11-6-4-5-10(14)15-11/h4-6H,1-3,7-8H2,(H2,14,15). The molecule has 1 aromatic rings. The molecule has 0 atom stereocenters. The quantitative estimate of drug-likeness (QED) is 0.824. The average Bonchev–Trinajstić information content (AvgIpc) is 2.30. The van der Waals surface area contributed by atoms with E-state index in [1.807, 2.05) is 0 Å². The molecule has 84 valence electrons. The number of pyridine rings is 1. The first kappa shape index (κ1) is 10.7. The van der Waals surface area contributed by atoms with Gasteiger partial charge in [-0.2, -0.15) is 10.2 Å². The van der Waals surface area contributed by atoms with E-state index < -0.39 is 5.60 Å². The lowest BCUT2D eigenvalue weighted by Crippen LogP contribution is -2.36. The molecule has 4 heteroatoms. The van der Waals surface area contributed by atoms with Gasteiger partial charge in [-0.1, -0.05) is 12.5 Å². The molecule has 1 aromatic heterocycles. The molecule has 1 heterocycles. The van der Waals surface area contributed by atoms with E-state index in [1.165, 1.54) is 6.42 Å². The van der Waals surface area contributed by atoms with Crippen molar-refractivity contribution in [2.45, 2.75) is 37.7 Å². The van der Waals surface area contributed by atoms with E-state index in [0.29, 0.717) is 11.7 Å². The summed E-state index contributed by atoms with van der Waals surface area (Å²) in [5.74, 6) is 0.866. The van der Waals surface area contributed by atoms with E-state index in [4.69, 9.17) is 10.5 Å². The van der Waals surface area contributed by atoms with Crippen LogP contribution in [0.15, 0.2) is 18.2 Å². The first-order chi connectivity index (χ1) is 7.74. The van der Waals surface area contributed by atoms with E-state index in [-0.39, 0.29) is 0 Å². The van der Waals surface area contributed by atoms with Crippen LogP contribution < -0.4 is 10.5 Å². The van der Waals surface area contributed by atoms with Gasteiger partial charge in [-0.15, -0.1) is 0 Å². The summed E-state index contributed by atoms with van der Waals surface area (Å²) < 4.78 is 5.72. The van der Waals surface area contributed by atoms with Crippen molar-refractivity contribution in [3.63, 3.8) is 0 Å². The number of anilines is 1. The Bertz CT molecular complexity index is 405. The van der Waals surface area contributed by atoms with E-state index in [1.54, 1.807) is 18.2 Å². The maximum atomic E-state index is 9.24. The van der Waals surface area contributed by atoms with Gasteiger partial charge in [0.2, 0.25) is 5.88 Å². The van der Waals surface area contributed by atoms with Crippen molar-refractivity contribution < 1.29 is 4.74 Å². The third-order valence-electron chi connectivity index (χ3n) is 2.91. The summed E-state index contributed by atoms with van der Waals surface area (Å²) in [6, 6.07) is 7.51. The smallest absolute Gasteiger partial charge is 0.216 e. The van der Waals surface area contributed by atoms with Crippen molar-refractivity contribution in [3.05, 3.63) is 18.2 Å². The largest absolute Gasteiger partial charge is 0.456 e. The Balaban J connectivity index is 2.15. The second kappa shape index (κ2) is 4.40. The van der Waals surface area contributed by atoms with Gasteiger partial charge in [-0.05, 0) is 18.9 Å². The van der Waals surface area contributed by atoms with Gasteiger partial charge < -0.3 is 10.5 Å². The van der Waals surface area contributed by atoms with E-state index in [0.717, 1.165) is 25.7 Å². The number of nitriles is 1. The molecule has 1 saturated carbocycles. The highest BCUT2D eigenvalue weighted by molar-refractivity contribution is 5.31. The molecule has 1 fully saturated rings. The maximum Gasteiger partial charge on any atom is 0.216 e. The van der Waals surface area contributed by atoms with Crippen LogP contribution in [-0.4, -0.2) is 10.6 Å². The molecule has 2 N–H and O–H groups in total. The summed E-state index contributed by atoms with van der Waals surface area (Å²) in [6.45, 7) is 0.